The lowest BCUT2D eigenvalue weighted by molar-refractivity contribution is 0.0258. The van der Waals surface area contributed by atoms with Crippen molar-refractivity contribution in [2.45, 2.75) is 55.6 Å². The molecule has 1 aliphatic carbocycles. The molecule has 0 amide bonds. The molecule has 5 rings (SSSR count). The summed E-state index contributed by atoms with van der Waals surface area (Å²) in [6.45, 7) is 2.96. The van der Waals surface area contributed by atoms with Gasteiger partial charge in [-0.05, 0) is 19.8 Å². The van der Waals surface area contributed by atoms with Crippen molar-refractivity contribution in [2.75, 3.05) is 13.2 Å². The van der Waals surface area contributed by atoms with Crippen molar-refractivity contribution in [3.8, 4) is 16.5 Å². The van der Waals surface area contributed by atoms with Gasteiger partial charge >= 0.3 is 0 Å². The first-order chi connectivity index (χ1) is 15.2. The van der Waals surface area contributed by atoms with Crippen LogP contribution in [-0.2, 0) is 14.8 Å². The number of sulfonamides is 1. The van der Waals surface area contributed by atoms with Crippen molar-refractivity contribution >= 4 is 27.0 Å². The highest BCUT2D eigenvalue weighted by Gasteiger charge is 2.41. The predicted octanol–water partition coefficient (Wildman–Crippen LogP) is 3.18. The number of hydrogen-bond donors (Lipinski definition) is 1. The van der Waals surface area contributed by atoms with Gasteiger partial charge in [0.15, 0.2) is 21.4 Å². The molecule has 1 N–H and O–H groups in total. The highest BCUT2D eigenvalue weighted by atomic mass is 32.2. The van der Waals surface area contributed by atoms with E-state index in [-0.39, 0.29) is 16.0 Å². The van der Waals surface area contributed by atoms with E-state index in [1.54, 1.807) is 0 Å². The zero-order valence-corrected chi connectivity index (χ0v) is 18.8. The Morgan fingerprint density at radius 3 is 2.72 bits per heavy atom. The lowest BCUT2D eigenvalue weighted by Gasteiger charge is -2.24. The van der Waals surface area contributed by atoms with Crippen LogP contribution in [0.5, 0.6) is 5.75 Å². The van der Waals surface area contributed by atoms with Gasteiger partial charge in [0.25, 0.3) is 6.43 Å². The molecular weight excluding hydrogens is 464 g/mol. The molecule has 0 radical (unpaired) electrons. The molecule has 0 aromatic carbocycles. The summed E-state index contributed by atoms with van der Waals surface area (Å²) in [6, 6.07) is 1.46. The fourth-order valence-electron chi connectivity index (χ4n) is 3.50. The van der Waals surface area contributed by atoms with Crippen LogP contribution in [0.15, 0.2) is 23.4 Å². The second-order valence-corrected chi connectivity index (χ2v) is 10.9. The van der Waals surface area contributed by atoms with Crippen LogP contribution < -0.4 is 9.46 Å². The maximum atomic E-state index is 13.1. The highest BCUT2D eigenvalue weighted by Crippen LogP contribution is 2.37. The third kappa shape index (κ3) is 4.21. The fraction of sp³-hybridized carbons (Fsp3) is 0.526. The van der Waals surface area contributed by atoms with Gasteiger partial charge in [0.05, 0.1) is 19.4 Å². The van der Waals surface area contributed by atoms with Crippen molar-refractivity contribution in [1.82, 2.24) is 24.3 Å². The third-order valence-electron chi connectivity index (χ3n) is 5.55. The van der Waals surface area contributed by atoms with Crippen LogP contribution >= 0.6 is 11.3 Å². The van der Waals surface area contributed by atoms with Crippen molar-refractivity contribution < 1.29 is 26.7 Å². The van der Waals surface area contributed by atoms with Gasteiger partial charge in [-0.25, -0.2) is 26.9 Å². The summed E-state index contributed by atoms with van der Waals surface area (Å²) >= 11 is 0.733. The minimum absolute atomic E-state index is 0.00182. The van der Waals surface area contributed by atoms with E-state index in [2.05, 4.69) is 19.9 Å². The Bertz CT molecular complexity index is 1250. The molecule has 0 atom stereocenters. The quantitative estimate of drug-likeness (QED) is 0.548. The average molecular weight is 486 g/mol. The van der Waals surface area contributed by atoms with E-state index in [0.29, 0.717) is 43.1 Å². The second-order valence-electron chi connectivity index (χ2n) is 8.22. The molecule has 3 aromatic rings. The summed E-state index contributed by atoms with van der Waals surface area (Å²) in [5, 5.41) is 7.16. The van der Waals surface area contributed by atoms with Gasteiger partial charge in [-0.3, -0.25) is 4.40 Å². The van der Waals surface area contributed by atoms with E-state index in [1.807, 2.05) is 6.92 Å². The summed E-state index contributed by atoms with van der Waals surface area (Å²) < 4.78 is 67.9. The number of rotatable bonds is 7. The van der Waals surface area contributed by atoms with E-state index in [4.69, 9.17) is 9.47 Å². The predicted molar refractivity (Wildman–Crippen MR) is 111 cm³/mol. The summed E-state index contributed by atoms with van der Waals surface area (Å²) in [4.78, 5) is 4.37. The number of imidazole rings is 1. The number of ether oxygens (including phenoxy) is 2. The van der Waals surface area contributed by atoms with Gasteiger partial charge in [-0.1, -0.05) is 11.3 Å². The molecule has 9 nitrogen and oxygen atoms in total. The van der Waals surface area contributed by atoms with Crippen LogP contribution in [0.25, 0.3) is 16.3 Å². The molecule has 172 valence electrons. The van der Waals surface area contributed by atoms with Crippen molar-refractivity contribution in [2.24, 2.45) is 0 Å². The van der Waals surface area contributed by atoms with E-state index < -0.39 is 27.0 Å². The Morgan fingerprint density at radius 2 is 2.06 bits per heavy atom. The minimum atomic E-state index is -3.85. The number of fused-ring (bicyclic) bond motifs is 1. The number of aromatic nitrogens is 4. The topological polar surface area (TPSA) is 108 Å². The molecule has 2 aliphatic rings. The Balaban J connectivity index is 1.61. The number of nitrogens with one attached hydrogen (secondary N) is 1. The fourth-order valence-corrected chi connectivity index (χ4v) is 5.68. The number of hydrogen-bond acceptors (Lipinski definition) is 8. The zero-order chi connectivity index (χ0) is 22.5. The van der Waals surface area contributed by atoms with Crippen LogP contribution in [0.4, 0.5) is 8.78 Å². The molecule has 3 aromatic heterocycles. The summed E-state index contributed by atoms with van der Waals surface area (Å²) in [5.41, 5.74) is 0.270. The van der Waals surface area contributed by atoms with Gasteiger partial charge < -0.3 is 9.47 Å². The van der Waals surface area contributed by atoms with Gasteiger partial charge in [-0.2, -0.15) is 0 Å². The largest absolute Gasteiger partial charge is 0.486 e. The van der Waals surface area contributed by atoms with E-state index in [9.17, 15) is 17.2 Å². The lowest BCUT2D eigenvalue weighted by Crippen LogP contribution is -2.34. The maximum Gasteiger partial charge on any atom is 0.291 e. The average Bonchev–Trinajstić information content (AvgIpc) is 3.15. The molecule has 1 saturated heterocycles. The molecule has 0 unspecified atom stereocenters. The molecule has 32 heavy (non-hydrogen) atoms. The minimum Gasteiger partial charge on any atom is -0.486 e. The van der Waals surface area contributed by atoms with Gasteiger partial charge in [0.2, 0.25) is 10.0 Å². The number of nitrogens with zero attached hydrogens (tertiary/aromatic N) is 4. The van der Waals surface area contributed by atoms with E-state index in [1.165, 1.54) is 22.9 Å². The maximum absolute atomic E-state index is 13.1. The smallest absolute Gasteiger partial charge is 0.291 e. The van der Waals surface area contributed by atoms with Gasteiger partial charge in [0, 0.05) is 30.6 Å². The van der Waals surface area contributed by atoms with Crippen molar-refractivity contribution in [3.05, 3.63) is 23.5 Å². The molecule has 2 fully saturated rings. The van der Waals surface area contributed by atoms with Crippen LogP contribution in [0, 0.1) is 0 Å². The first-order valence-electron chi connectivity index (χ1n) is 10.2. The summed E-state index contributed by atoms with van der Waals surface area (Å²) in [6.07, 6.45) is 2.83. The molecule has 1 aliphatic heterocycles. The van der Waals surface area contributed by atoms with E-state index >= 15 is 0 Å². The Kier molecular flexibility index (Phi) is 5.39. The molecule has 1 saturated carbocycles. The summed E-state index contributed by atoms with van der Waals surface area (Å²) in [7, 11) is -3.85. The van der Waals surface area contributed by atoms with Crippen molar-refractivity contribution in [1.29, 1.82) is 0 Å². The van der Waals surface area contributed by atoms with Gasteiger partial charge in [0.1, 0.15) is 16.7 Å². The van der Waals surface area contributed by atoms with Gasteiger partial charge in [-0.15, -0.1) is 10.2 Å². The molecule has 13 heteroatoms. The first-order valence-corrected chi connectivity index (χ1v) is 12.5. The number of halogens is 2. The van der Waals surface area contributed by atoms with Crippen LogP contribution in [0.1, 0.15) is 44.0 Å². The molecule has 0 spiro atoms. The SMILES string of the molecule is CC1(NS(=O)(=O)c2cc(OC3CCOCC3)c3ncc(-c4nnc(C(F)F)s4)n3c2)CC1. The second kappa shape index (κ2) is 7.97. The highest BCUT2D eigenvalue weighted by molar-refractivity contribution is 7.89. The number of alkyl halides is 2. The van der Waals surface area contributed by atoms with Crippen molar-refractivity contribution in [3.63, 3.8) is 0 Å². The third-order valence-corrected chi connectivity index (χ3v) is 8.10. The standard InChI is InChI=1S/C19H21F2N5O4S2/c1-19(4-5-19)25-32(27,28)12-8-14(30-11-2-6-29-7-3-11)16-22-9-13(26(16)10-12)17-23-24-18(31-17)15(20)21/h8-11,15,25H,2-7H2,1H3. The molecule has 0 bridgehead atoms. The Morgan fingerprint density at radius 1 is 1.31 bits per heavy atom. The Labute approximate surface area is 186 Å². The normalized spacial score (nSPS) is 19.0. The Hall–Kier alpha value is -2.22. The summed E-state index contributed by atoms with van der Waals surface area (Å²) in [5.74, 6) is 0.297. The van der Waals surface area contributed by atoms with Crippen LogP contribution in [0.2, 0.25) is 0 Å². The zero-order valence-electron chi connectivity index (χ0n) is 17.1. The van der Waals surface area contributed by atoms with E-state index in [0.717, 1.165) is 24.2 Å². The monoisotopic (exact) mass is 485 g/mol. The van der Waals surface area contributed by atoms with Crippen LogP contribution in [0.3, 0.4) is 0 Å². The first kappa shape index (κ1) is 21.6. The lowest BCUT2D eigenvalue weighted by atomic mass is 10.1. The molecular formula is C19H21F2N5O4S2. The number of pyridine rings is 1. The molecule has 4 heterocycles. The van der Waals surface area contributed by atoms with Crippen LogP contribution in [-0.4, -0.2) is 52.9 Å².